The van der Waals surface area contributed by atoms with Gasteiger partial charge in [-0.15, -0.1) is 0 Å². The third-order valence-corrected chi connectivity index (χ3v) is 3.47. The second-order valence-corrected chi connectivity index (χ2v) is 4.86. The van der Waals surface area contributed by atoms with Crippen molar-refractivity contribution in [2.45, 2.75) is 38.6 Å². The summed E-state index contributed by atoms with van der Waals surface area (Å²) in [6.45, 7) is 3.68. The molecule has 20 heavy (non-hydrogen) atoms. The van der Waals surface area contributed by atoms with E-state index in [0.717, 1.165) is 32.4 Å². The molecule has 0 bridgehead atoms. The van der Waals surface area contributed by atoms with Gasteiger partial charge in [-0.05, 0) is 19.8 Å². The highest BCUT2D eigenvalue weighted by atomic mass is 16.5. The van der Waals surface area contributed by atoms with E-state index >= 15 is 0 Å². The quantitative estimate of drug-likeness (QED) is 0.834. The summed E-state index contributed by atoms with van der Waals surface area (Å²) in [7, 11) is 1.54. The SMILES string of the molecule is CCNc1nc(OC)nc(N2CCCCCC2CO)n1. The van der Waals surface area contributed by atoms with Gasteiger partial charge >= 0.3 is 6.01 Å². The topological polar surface area (TPSA) is 83.4 Å². The third-order valence-electron chi connectivity index (χ3n) is 3.47. The van der Waals surface area contributed by atoms with Crippen LogP contribution >= 0.6 is 0 Å². The number of aliphatic hydroxyl groups excluding tert-OH is 1. The number of nitrogens with zero attached hydrogens (tertiary/aromatic N) is 4. The molecule has 0 saturated carbocycles. The molecule has 1 atom stereocenters. The lowest BCUT2D eigenvalue weighted by Gasteiger charge is -2.28. The standard InChI is InChI=1S/C13H23N5O2/c1-3-14-11-15-12(17-13(16-11)20-2)18-8-6-4-5-7-10(18)9-19/h10,19H,3-9H2,1-2H3,(H,14,15,16,17). The van der Waals surface area contributed by atoms with Gasteiger partial charge in [0.1, 0.15) is 0 Å². The number of hydrogen-bond donors (Lipinski definition) is 2. The molecule has 0 spiro atoms. The summed E-state index contributed by atoms with van der Waals surface area (Å²) in [5, 5.41) is 12.7. The second kappa shape index (κ2) is 7.23. The zero-order valence-corrected chi connectivity index (χ0v) is 12.2. The van der Waals surface area contributed by atoms with Gasteiger partial charge in [0.25, 0.3) is 0 Å². The maximum absolute atomic E-state index is 9.59. The van der Waals surface area contributed by atoms with Crippen LogP contribution in [0.1, 0.15) is 32.6 Å². The molecule has 0 amide bonds. The predicted octanol–water partition coefficient (Wildman–Crippen LogP) is 1.05. The number of aliphatic hydroxyl groups is 1. The molecule has 1 aliphatic rings. The number of methoxy groups -OCH3 is 1. The summed E-state index contributed by atoms with van der Waals surface area (Å²) in [5.41, 5.74) is 0. The smallest absolute Gasteiger partial charge is 0.322 e. The van der Waals surface area contributed by atoms with Gasteiger partial charge in [0.05, 0.1) is 19.8 Å². The Hall–Kier alpha value is -1.63. The molecule has 1 aromatic rings. The monoisotopic (exact) mass is 281 g/mol. The first-order chi connectivity index (χ1) is 9.78. The summed E-state index contributed by atoms with van der Waals surface area (Å²) in [4.78, 5) is 15.0. The molecule has 7 nitrogen and oxygen atoms in total. The van der Waals surface area contributed by atoms with Crippen molar-refractivity contribution in [3.8, 4) is 6.01 Å². The Morgan fingerprint density at radius 2 is 2.15 bits per heavy atom. The van der Waals surface area contributed by atoms with Crippen LogP contribution in [0.4, 0.5) is 11.9 Å². The maximum Gasteiger partial charge on any atom is 0.322 e. The van der Waals surface area contributed by atoms with Crippen molar-refractivity contribution in [1.29, 1.82) is 0 Å². The van der Waals surface area contributed by atoms with Crippen LogP contribution in [0.3, 0.4) is 0 Å². The van der Waals surface area contributed by atoms with Crippen LogP contribution in [-0.2, 0) is 0 Å². The molecule has 0 aliphatic carbocycles. The number of aromatic nitrogens is 3. The van der Waals surface area contributed by atoms with Crippen LogP contribution < -0.4 is 15.0 Å². The molecular weight excluding hydrogens is 258 g/mol. The molecule has 1 aromatic heterocycles. The van der Waals surface area contributed by atoms with Crippen molar-refractivity contribution in [2.75, 3.05) is 37.0 Å². The molecule has 1 saturated heterocycles. The molecule has 1 aliphatic heterocycles. The summed E-state index contributed by atoms with van der Waals surface area (Å²) < 4.78 is 5.14. The maximum atomic E-state index is 9.59. The Morgan fingerprint density at radius 3 is 2.85 bits per heavy atom. The van der Waals surface area contributed by atoms with Crippen LogP contribution in [-0.4, -0.2) is 52.9 Å². The molecule has 7 heteroatoms. The molecule has 2 N–H and O–H groups in total. The van der Waals surface area contributed by atoms with E-state index < -0.39 is 0 Å². The Labute approximate surface area is 119 Å². The minimum Gasteiger partial charge on any atom is -0.467 e. The highest BCUT2D eigenvalue weighted by Crippen LogP contribution is 2.23. The fraction of sp³-hybridized carbons (Fsp3) is 0.769. The van der Waals surface area contributed by atoms with Gasteiger partial charge < -0.3 is 20.1 Å². The van der Waals surface area contributed by atoms with Gasteiger partial charge in [-0.3, -0.25) is 0 Å². The molecular formula is C13H23N5O2. The molecule has 2 heterocycles. The number of anilines is 2. The van der Waals surface area contributed by atoms with Crippen LogP contribution in [0, 0.1) is 0 Å². The number of ether oxygens (including phenoxy) is 1. The van der Waals surface area contributed by atoms with Gasteiger partial charge in [-0.1, -0.05) is 12.8 Å². The average Bonchev–Trinajstić information content (AvgIpc) is 2.72. The summed E-state index contributed by atoms with van der Waals surface area (Å²) in [6.07, 6.45) is 4.35. The van der Waals surface area contributed by atoms with E-state index in [2.05, 4.69) is 25.2 Å². The first kappa shape index (κ1) is 14.8. The lowest BCUT2D eigenvalue weighted by atomic mass is 10.1. The molecule has 1 unspecified atom stereocenters. The Balaban J connectivity index is 2.30. The lowest BCUT2D eigenvalue weighted by molar-refractivity contribution is 0.253. The van der Waals surface area contributed by atoms with Crippen LogP contribution in [0.5, 0.6) is 6.01 Å². The van der Waals surface area contributed by atoms with Gasteiger partial charge in [-0.2, -0.15) is 15.0 Å². The minimum absolute atomic E-state index is 0.0686. The van der Waals surface area contributed by atoms with Crippen LogP contribution in [0.2, 0.25) is 0 Å². The average molecular weight is 281 g/mol. The van der Waals surface area contributed by atoms with E-state index in [-0.39, 0.29) is 12.6 Å². The molecule has 0 radical (unpaired) electrons. The highest BCUT2D eigenvalue weighted by Gasteiger charge is 2.24. The van der Waals surface area contributed by atoms with E-state index in [9.17, 15) is 5.11 Å². The van der Waals surface area contributed by atoms with Crippen LogP contribution in [0.25, 0.3) is 0 Å². The first-order valence-electron chi connectivity index (χ1n) is 7.20. The van der Waals surface area contributed by atoms with Gasteiger partial charge in [-0.25, -0.2) is 0 Å². The first-order valence-corrected chi connectivity index (χ1v) is 7.20. The largest absolute Gasteiger partial charge is 0.467 e. The Morgan fingerprint density at radius 1 is 1.30 bits per heavy atom. The summed E-state index contributed by atoms with van der Waals surface area (Å²) in [5.74, 6) is 1.09. The molecule has 0 aromatic carbocycles. The Kier molecular flexibility index (Phi) is 5.34. The van der Waals surface area contributed by atoms with E-state index in [1.807, 2.05) is 6.92 Å². The van der Waals surface area contributed by atoms with E-state index in [4.69, 9.17) is 4.74 Å². The molecule has 2 rings (SSSR count). The normalized spacial score (nSPS) is 19.6. The number of nitrogens with one attached hydrogen (secondary N) is 1. The highest BCUT2D eigenvalue weighted by molar-refractivity contribution is 5.39. The van der Waals surface area contributed by atoms with E-state index in [0.29, 0.717) is 17.9 Å². The predicted molar refractivity (Wildman–Crippen MR) is 77.2 cm³/mol. The summed E-state index contributed by atoms with van der Waals surface area (Å²) >= 11 is 0. The van der Waals surface area contributed by atoms with E-state index in [1.165, 1.54) is 6.42 Å². The van der Waals surface area contributed by atoms with Crippen molar-refractivity contribution in [3.05, 3.63) is 0 Å². The van der Waals surface area contributed by atoms with Crippen molar-refractivity contribution < 1.29 is 9.84 Å². The fourth-order valence-electron chi connectivity index (χ4n) is 2.43. The van der Waals surface area contributed by atoms with Gasteiger partial charge in [0.2, 0.25) is 11.9 Å². The summed E-state index contributed by atoms with van der Waals surface area (Å²) in [6, 6.07) is 0.367. The van der Waals surface area contributed by atoms with Gasteiger partial charge in [0.15, 0.2) is 0 Å². The van der Waals surface area contributed by atoms with Crippen molar-refractivity contribution in [3.63, 3.8) is 0 Å². The van der Waals surface area contributed by atoms with E-state index in [1.54, 1.807) is 7.11 Å². The third kappa shape index (κ3) is 3.47. The number of rotatable bonds is 5. The van der Waals surface area contributed by atoms with Crippen LogP contribution in [0.15, 0.2) is 0 Å². The minimum atomic E-state index is 0.0686. The zero-order valence-electron chi connectivity index (χ0n) is 12.2. The Bertz CT molecular complexity index is 429. The second-order valence-electron chi connectivity index (χ2n) is 4.86. The van der Waals surface area contributed by atoms with Crippen molar-refractivity contribution in [1.82, 2.24) is 15.0 Å². The van der Waals surface area contributed by atoms with Crippen molar-refractivity contribution in [2.24, 2.45) is 0 Å². The van der Waals surface area contributed by atoms with Gasteiger partial charge in [0, 0.05) is 13.1 Å². The number of hydrogen-bond acceptors (Lipinski definition) is 7. The fourth-order valence-corrected chi connectivity index (χ4v) is 2.43. The molecule has 1 fully saturated rings. The lowest BCUT2D eigenvalue weighted by Crippen LogP contribution is -2.39. The molecule has 112 valence electrons. The van der Waals surface area contributed by atoms with Crippen molar-refractivity contribution >= 4 is 11.9 Å². The zero-order chi connectivity index (χ0) is 14.4.